The van der Waals surface area contributed by atoms with Gasteiger partial charge < -0.3 is 15.0 Å². The van der Waals surface area contributed by atoms with Gasteiger partial charge in [-0.1, -0.05) is 17.7 Å². The number of nitrogens with one attached hydrogen (secondary N) is 1. The second-order valence-electron chi connectivity index (χ2n) is 6.21. The van der Waals surface area contributed by atoms with Crippen molar-refractivity contribution in [1.82, 2.24) is 10.3 Å². The Morgan fingerprint density at radius 3 is 2.88 bits per heavy atom. The number of halogens is 1. The number of carbonyl (C=O) groups is 2. The minimum absolute atomic E-state index is 0.129. The first-order valence-corrected chi connectivity index (χ1v) is 8.72. The zero-order valence-electron chi connectivity index (χ0n) is 14.6. The second-order valence-corrected chi connectivity index (χ2v) is 6.64. The van der Waals surface area contributed by atoms with Crippen molar-refractivity contribution in [3.05, 3.63) is 53.3 Å². The molecule has 2 amide bonds. The number of ether oxygens (including phenoxy) is 1. The Morgan fingerprint density at radius 1 is 1.38 bits per heavy atom. The number of nitrogens with zero attached hydrogens (tertiary/aromatic N) is 2. The Kier molecular flexibility index (Phi) is 5.42. The fourth-order valence-electron chi connectivity index (χ4n) is 3.03. The molecule has 0 unspecified atom stereocenters. The fourth-order valence-corrected chi connectivity index (χ4v) is 3.19. The van der Waals surface area contributed by atoms with E-state index in [4.69, 9.17) is 16.3 Å². The summed E-state index contributed by atoms with van der Waals surface area (Å²) < 4.78 is 5.32. The van der Waals surface area contributed by atoms with Gasteiger partial charge in [-0.3, -0.25) is 14.6 Å². The number of anilines is 1. The number of carbonyl (C=O) groups excluding carboxylic acids is 2. The van der Waals surface area contributed by atoms with Crippen LogP contribution in [-0.4, -0.2) is 30.5 Å². The Balaban J connectivity index is 1.71. The number of methoxy groups -OCH3 is 1. The lowest BCUT2D eigenvalue weighted by molar-refractivity contribution is -0.126. The van der Waals surface area contributed by atoms with Crippen molar-refractivity contribution in [3.8, 4) is 5.75 Å². The molecule has 1 aliphatic heterocycles. The molecule has 1 fully saturated rings. The summed E-state index contributed by atoms with van der Waals surface area (Å²) in [5, 5.41) is 3.44. The van der Waals surface area contributed by atoms with Crippen LogP contribution in [0, 0.1) is 5.92 Å². The van der Waals surface area contributed by atoms with Crippen LogP contribution in [0.15, 0.2) is 42.6 Å². The minimum Gasteiger partial charge on any atom is -0.495 e. The number of benzene rings is 1. The zero-order valence-corrected chi connectivity index (χ0v) is 15.4. The quantitative estimate of drug-likeness (QED) is 0.874. The summed E-state index contributed by atoms with van der Waals surface area (Å²) >= 11 is 6.06. The minimum atomic E-state index is -0.433. The summed E-state index contributed by atoms with van der Waals surface area (Å²) in [6.07, 6.45) is 1.83. The van der Waals surface area contributed by atoms with Crippen LogP contribution in [0.25, 0.3) is 0 Å². The summed E-state index contributed by atoms with van der Waals surface area (Å²) in [7, 11) is 1.53. The molecule has 3 rings (SSSR count). The number of amides is 2. The smallest absolute Gasteiger partial charge is 0.227 e. The van der Waals surface area contributed by atoms with Crippen molar-refractivity contribution in [2.75, 3.05) is 18.6 Å². The van der Waals surface area contributed by atoms with E-state index < -0.39 is 5.92 Å². The first-order chi connectivity index (χ1) is 12.5. The van der Waals surface area contributed by atoms with Crippen molar-refractivity contribution in [2.24, 2.45) is 5.92 Å². The van der Waals surface area contributed by atoms with E-state index in [2.05, 4.69) is 10.3 Å². The largest absolute Gasteiger partial charge is 0.495 e. The molecule has 1 saturated heterocycles. The molecule has 136 valence electrons. The van der Waals surface area contributed by atoms with E-state index in [-0.39, 0.29) is 30.8 Å². The van der Waals surface area contributed by atoms with E-state index in [1.165, 1.54) is 7.11 Å². The van der Waals surface area contributed by atoms with Gasteiger partial charge in [-0.25, -0.2) is 0 Å². The summed E-state index contributed by atoms with van der Waals surface area (Å²) in [6.45, 7) is 2.16. The number of pyridine rings is 1. The average molecular weight is 374 g/mol. The summed E-state index contributed by atoms with van der Waals surface area (Å²) in [4.78, 5) is 30.9. The van der Waals surface area contributed by atoms with Crippen LogP contribution in [-0.2, 0) is 9.59 Å². The van der Waals surface area contributed by atoms with Gasteiger partial charge in [0.05, 0.1) is 30.5 Å². The number of rotatable bonds is 5. The van der Waals surface area contributed by atoms with E-state index in [0.29, 0.717) is 16.5 Å². The van der Waals surface area contributed by atoms with Gasteiger partial charge in [0.2, 0.25) is 11.8 Å². The molecule has 0 aliphatic carbocycles. The highest BCUT2D eigenvalue weighted by Crippen LogP contribution is 2.35. The normalized spacial score (nSPS) is 17.9. The standard InChI is InChI=1S/C19H20ClN3O3/c1-12(15-5-3-4-8-21-15)22-19(25)13-9-18(24)23(11-13)16-10-14(20)6-7-17(16)26-2/h3-8,10,12-13H,9,11H2,1-2H3,(H,22,25)/t12-,13-/m0/s1. The topological polar surface area (TPSA) is 71.5 Å². The molecule has 1 aromatic heterocycles. The van der Waals surface area contributed by atoms with Crippen LogP contribution in [0.3, 0.4) is 0 Å². The predicted molar refractivity (Wildman–Crippen MR) is 99.3 cm³/mol. The van der Waals surface area contributed by atoms with E-state index in [1.807, 2.05) is 25.1 Å². The molecule has 0 radical (unpaired) electrons. The van der Waals surface area contributed by atoms with Gasteiger partial charge >= 0.3 is 0 Å². The molecule has 0 spiro atoms. The lowest BCUT2D eigenvalue weighted by Crippen LogP contribution is -2.34. The maximum absolute atomic E-state index is 12.6. The summed E-state index contributed by atoms with van der Waals surface area (Å²) in [5.74, 6) is -0.181. The third kappa shape index (κ3) is 3.80. The van der Waals surface area contributed by atoms with Gasteiger partial charge in [0.1, 0.15) is 5.75 Å². The molecule has 26 heavy (non-hydrogen) atoms. The Hall–Kier alpha value is -2.60. The van der Waals surface area contributed by atoms with Crippen LogP contribution in [0.5, 0.6) is 5.75 Å². The SMILES string of the molecule is COc1ccc(Cl)cc1N1C[C@@H](C(=O)N[C@@H](C)c2ccccn2)CC1=O. The molecule has 1 aromatic carbocycles. The number of hydrogen-bond donors (Lipinski definition) is 1. The van der Waals surface area contributed by atoms with Gasteiger partial charge in [0.25, 0.3) is 0 Å². The van der Waals surface area contributed by atoms with Crippen LogP contribution in [0.2, 0.25) is 5.02 Å². The number of hydrogen-bond acceptors (Lipinski definition) is 4. The molecular weight excluding hydrogens is 354 g/mol. The lowest BCUT2D eigenvalue weighted by atomic mass is 10.1. The highest BCUT2D eigenvalue weighted by molar-refractivity contribution is 6.31. The van der Waals surface area contributed by atoms with E-state index in [1.54, 1.807) is 29.3 Å². The van der Waals surface area contributed by atoms with Crippen molar-refractivity contribution < 1.29 is 14.3 Å². The first kappa shape index (κ1) is 18.2. The van der Waals surface area contributed by atoms with Gasteiger partial charge in [-0.15, -0.1) is 0 Å². The average Bonchev–Trinajstić information content (AvgIpc) is 3.04. The van der Waals surface area contributed by atoms with E-state index >= 15 is 0 Å². The summed E-state index contributed by atoms with van der Waals surface area (Å²) in [5.41, 5.74) is 1.36. The van der Waals surface area contributed by atoms with Gasteiger partial charge in [-0.05, 0) is 37.3 Å². The first-order valence-electron chi connectivity index (χ1n) is 8.34. The molecule has 2 atom stereocenters. The lowest BCUT2D eigenvalue weighted by Gasteiger charge is -2.20. The molecule has 2 aromatic rings. The van der Waals surface area contributed by atoms with Crippen LogP contribution < -0.4 is 15.0 Å². The van der Waals surface area contributed by atoms with E-state index in [9.17, 15) is 9.59 Å². The molecule has 2 heterocycles. The Labute approximate surface area is 157 Å². The van der Waals surface area contributed by atoms with Crippen molar-refractivity contribution in [1.29, 1.82) is 0 Å². The molecule has 0 bridgehead atoms. The van der Waals surface area contributed by atoms with Crippen LogP contribution in [0.1, 0.15) is 25.1 Å². The molecule has 0 saturated carbocycles. The van der Waals surface area contributed by atoms with Crippen molar-refractivity contribution in [3.63, 3.8) is 0 Å². The van der Waals surface area contributed by atoms with Crippen molar-refractivity contribution >= 4 is 29.1 Å². The zero-order chi connectivity index (χ0) is 18.7. The van der Waals surface area contributed by atoms with Crippen LogP contribution >= 0.6 is 11.6 Å². The predicted octanol–water partition coefficient (Wildman–Crippen LogP) is 2.97. The molecule has 6 nitrogen and oxygen atoms in total. The van der Waals surface area contributed by atoms with Crippen LogP contribution in [0.4, 0.5) is 5.69 Å². The maximum atomic E-state index is 12.6. The molecular formula is C19H20ClN3O3. The number of aromatic nitrogens is 1. The van der Waals surface area contributed by atoms with Crippen molar-refractivity contribution in [2.45, 2.75) is 19.4 Å². The van der Waals surface area contributed by atoms with Gasteiger partial charge in [0, 0.05) is 24.2 Å². The second kappa shape index (κ2) is 7.74. The molecule has 7 heteroatoms. The third-order valence-electron chi connectivity index (χ3n) is 4.42. The molecule has 1 N–H and O–H groups in total. The Bertz CT molecular complexity index is 813. The fraction of sp³-hybridized carbons (Fsp3) is 0.316. The highest BCUT2D eigenvalue weighted by Gasteiger charge is 2.36. The Morgan fingerprint density at radius 2 is 2.19 bits per heavy atom. The maximum Gasteiger partial charge on any atom is 0.227 e. The summed E-state index contributed by atoms with van der Waals surface area (Å²) in [6, 6.07) is 10.4. The van der Waals surface area contributed by atoms with Gasteiger partial charge in [0.15, 0.2) is 0 Å². The van der Waals surface area contributed by atoms with Gasteiger partial charge in [-0.2, -0.15) is 0 Å². The third-order valence-corrected chi connectivity index (χ3v) is 4.65. The molecule has 1 aliphatic rings. The highest BCUT2D eigenvalue weighted by atomic mass is 35.5. The van der Waals surface area contributed by atoms with E-state index in [0.717, 1.165) is 5.69 Å². The monoisotopic (exact) mass is 373 g/mol.